The summed E-state index contributed by atoms with van der Waals surface area (Å²) < 4.78 is 0. The molecule has 0 bridgehead atoms. The van der Waals surface area contributed by atoms with Gasteiger partial charge in [-0.3, -0.25) is 9.98 Å². The van der Waals surface area contributed by atoms with E-state index in [0.29, 0.717) is 0 Å². The third-order valence-electron chi connectivity index (χ3n) is 6.12. The van der Waals surface area contributed by atoms with E-state index in [1.54, 1.807) is 12.4 Å². The minimum atomic E-state index is -0.169. The average Bonchev–Trinajstić information content (AvgIpc) is 2.75. The van der Waals surface area contributed by atoms with Gasteiger partial charge in [-0.1, -0.05) is 90.1 Å². The molecule has 37 heavy (non-hydrogen) atoms. The Balaban J connectivity index is 0.000000369. The fourth-order valence-corrected chi connectivity index (χ4v) is 4.02. The SMILES string of the molecule is CC(C)(C)c1ccc(C(C)(C)C)c(O)c1O.Cc1cccc(C)c1N=CC=Nc1c(C)cccc1C.[Ni]. The molecule has 3 aromatic rings. The van der Waals surface area contributed by atoms with Gasteiger partial charge in [0, 0.05) is 40.0 Å². The van der Waals surface area contributed by atoms with Crippen LogP contribution in [0.15, 0.2) is 58.5 Å². The average molecular weight is 545 g/mol. The van der Waals surface area contributed by atoms with Gasteiger partial charge < -0.3 is 10.2 Å². The van der Waals surface area contributed by atoms with E-state index >= 15 is 0 Å². The van der Waals surface area contributed by atoms with E-state index in [9.17, 15) is 10.2 Å². The van der Waals surface area contributed by atoms with Crippen LogP contribution < -0.4 is 0 Å². The quantitative estimate of drug-likeness (QED) is 0.196. The zero-order valence-corrected chi connectivity index (χ0v) is 24.9. The van der Waals surface area contributed by atoms with Gasteiger partial charge in [0.2, 0.25) is 0 Å². The number of nitrogens with zero attached hydrogens (tertiary/aromatic N) is 2. The second kappa shape index (κ2) is 13.1. The molecule has 4 nitrogen and oxygen atoms in total. The van der Waals surface area contributed by atoms with E-state index in [1.807, 2.05) is 53.7 Å². The van der Waals surface area contributed by atoms with Gasteiger partial charge in [0.1, 0.15) is 0 Å². The number of hydrogen-bond donors (Lipinski definition) is 2. The van der Waals surface area contributed by atoms with Crippen molar-refractivity contribution in [2.24, 2.45) is 9.98 Å². The maximum absolute atomic E-state index is 10.0. The number of aromatic hydroxyl groups is 2. The van der Waals surface area contributed by atoms with Crippen molar-refractivity contribution in [3.8, 4) is 11.5 Å². The van der Waals surface area contributed by atoms with E-state index in [4.69, 9.17) is 0 Å². The van der Waals surface area contributed by atoms with Gasteiger partial charge in [0.15, 0.2) is 11.5 Å². The molecule has 3 rings (SSSR count). The smallest absolute Gasteiger partial charge is 0.161 e. The predicted molar refractivity (Wildman–Crippen MR) is 155 cm³/mol. The molecule has 0 fully saturated rings. The molecule has 0 aromatic heterocycles. The summed E-state index contributed by atoms with van der Waals surface area (Å²) in [5.41, 5.74) is 8.00. The number of hydrogen-bond acceptors (Lipinski definition) is 4. The summed E-state index contributed by atoms with van der Waals surface area (Å²) in [6, 6.07) is 16.2. The van der Waals surface area contributed by atoms with Gasteiger partial charge in [0.05, 0.1) is 11.4 Å². The second-order valence-electron chi connectivity index (χ2n) is 11.4. The van der Waals surface area contributed by atoms with E-state index in [-0.39, 0.29) is 38.8 Å². The molecule has 5 heteroatoms. The van der Waals surface area contributed by atoms with E-state index in [2.05, 4.69) is 74.1 Å². The van der Waals surface area contributed by atoms with Crippen molar-refractivity contribution in [1.29, 1.82) is 0 Å². The van der Waals surface area contributed by atoms with Crippen molar-refractivity contribution in [2.45, 2.75) is 80.1 Å². The second-order valence-corrected chi connectivity index (χ2v) is 11.4. The van der Waals surface area contributed by atoms with Crippen molar-refractivity contribution in [1.82, 2.24) is 0 Å². The van der Waals surface area contributed by atoms with E-state index in [0.717, 1.165) is 22.5 Å². The van der Waals surface area contributed by atoms with Crippen LogP contribution in [0.1, 0.15) is 74.9 Å². The zero-order chi connectivity index (χ0) is 27.3. The number of benzene rings is 3. The Morgan fingerprint density at radius 2 is 0.811 bits per heavy atom. The molecule has 3 aromatic carbocycles. The van der Waals surface area contributed by atoms with Gasteiger partial charge >= 0.3 is 0 Å². The third kappa shape index (κ3) is 8.57. The van der Waals surface area contributed by atoms with Crippen molar-refractivity contribution < 1.29 is 26.7 Å². The molecule has 0 spiro atoms. The van der Waals surface area contributed by atoms with Gasteiger partial charge in [-0.25, -0.2) is 0 Å². The Labute approximate surface area is 233 Å². The van der Waals surface area contributed by atoms with Crippen LogP contribution >= 0.6 is 0 Å². The van der Waals surface area contributed by atoms with Gasteiger partial charge in [-0.2, -0.15) is 0 Å². The summed E-state index contributed by atoms with van der Waals surface area (Å²) in [5, 5.41) is 20.1. The summed E-state index contributed by atoms with van der Waals surface area (Å²) in [4.78, 5) is 9.01. The summed E-state index contributed by atoms with van der Waals surface area (Å²) in [5.74, 6) is 0.0276. The molecule has 0 saturated heterocycles. The predicted octanol–water partition coefficient (Wildman–Crippen LogP) is 8.72. The first-order chi connectivity index (χ1) is 16.6. The Morgan fingerprint density at radius 1 is 0.541 bits per heavy atom. The summed E-state index contributed by atoms with van der Waals surface area (Å²) in [6.45, 7) is 20.4. The van der Waals surface area contributed by atoms with Crippen LogP contribution in [0.4, 0.5) is 11.4 Å². The van der Waals surface area contributed by atoms with Crippen LogP contribution in [0, 0.1) is 27.7 Å². The number of phenolic OH excluding ortho intramolecular Hbond substituents is 2. The Hall–Kier alpha value is -2.91. The normalized spacial score (nSPS) is 11.8. The van der Waals surface area contributed by atoms with E-state index < -0.39 is 0 Å². The van der Waals surface area contributed by atoms with Crippen LogP contribution in [-0.2, 0) is 27.3 Å². The number of para-hydroxylation sites is 2. The molecular weight excluding hydrogens is 503 g/mol. The first-order valence-electron chi connectivity index (χ1n) is 12.4. The maximum atomic E-state index is 10.0. The standard InChI is InChI=1S/C18H20N2.C14H22O2.Ni/c1-13-7-5-8-14(2)17(13)19-11-12-20-18-15(3)9-6-10-16(18)4;1-13(2,3)9-7-8-10(14(4,5)6)12(16)11(9)15;/h5-12H,1-4H3;7-8,15-16H,1-6H3;. The fraction of sp³-hybridized carbons (Fsp3) is 0.375. The molecular formula is C32H42N2NiO2. The van der Waals surface area contributed by atoms with E-state index in [1.165, 1.54) is 22.3 Å². The molecule has 0 aliphatic rings. The van der Waals surface area contributed by atoms with Crippen LogP contribution in [-0.4, -0.2) is 22.6 Å². The van der Waals surface area contributed by atoms with Crippen molar-refractivity contribution in [2.75, 3.05) is 0 Å². The van der Waals surface area contributed by atoms with Gasteiger partial charge in [-0.15, -0.1) is 0 Å². The molecule has 0 saturated carbocycles. The van der Waals surface area contributed by atoms with Crippen molar-refractivity contribution >= 4 is 23.8 Å². The Morgan fingerprint density at radius 3 is 1.05 bits per heavy atom. The minimum absolute atomic E-state index is 0. The fourth-order valence-electron chi connectivity index (χ4n) is 4.02. The number of aryl methyl sites for hydroxylation is 4. The summed E-state index contributed by atoms with van der Waals surface area (Å²) in [7, 11) is 0. The number of aliphatic imine (C=N–C) groups is 2. The largest absolute Gasteiger partial charge is 0.504 e. The molecule has 0 aliphatic carbocycles. The Kier molecular flexibility index (Phi) is 11.3. The molecule has 0 aliphatic heterocycles. The molecule has 202 valence electrons. The first kappa shape index (κ1) is 32.1. The number of phenols is 2. The van der Waals surface area contributed by atoms with Crippen LogP contribution in [0.2, 0.25) is 0 Å². The molecule has 0 unspecified atom stereocenters. The minimum Gasteiger partial charge on any atom is -0.504 e. The Bertz CT molecular complexity index is 1120. The van der Waals surface area contributed by atoms with Crippen LogP contribution in [0.5, 0.6) is 11.5 Å². The van der Waals surface area contributed by atoms with Crippen molar-refractivity contribution in [3.63, 3.8) is 0 Å². The molecule has 2 N–H and O–H groups in total. The monoisotopic (exact) mass is 544 g/mol. The van der Waals surface area contributed by atoms with Gasteiger partial charge in [0.25, 0.3) is 0 Å². The number of rotatable bonds is 3. The first-order valence-corrected chi connectivity index (χ1v) is 12.4. The van der Waals surface area contributed by atoms with Crippen LogP contribution in [0.3, 0.4) is 0 Å². The maximum Gasteiger partial charge on any atom is 0.161 e. The van der Waals surface area contributed by atoms with Crippen molar-refractivity contribution in [3.05, 3.63) is 81.9 Å². The third-order valence-corrected chi connectivity index (χ3v) is 6.12. The molecule has 0 amide bonds. The molecule has 0 atom stereocenters. The van der Waals surface area contributed by atoms with Gasteiger partial charge in [-0.05, 0) is 60.8 Å². The van der Waals surface area contributed by atoms with Crippen LogP contribution in [0.25, 0.3) is 0 Å². The molecule has 0 heterocycles. The topological polar surface area (TPSA) is 65.2 Å². The summed E-state index contributed by atoms with van der Waals surface area (Å²) >= 11 is 0. The molecule has 0 radical (unpaired) electrons. The zero-order valence-electron chi connectivity index (χ0n) is 23.9. The summed E-state index contributed by atoms with van der Waals surface area (Å²) in [6.07, 6.45) is 3.53.